The van der Waals surface area contributed by atoms with Crippen LogP contribution in [-0.2, 0) is 0 Å². The third-order valence-corrected chi connectivity index (χ3v) is 11.4. The number of halogens is 1. The molecule has 1 heterocycles. The minimum Gasteiger partial charge on any atom is -0.399 e. The first kappa shape index (κ1) is 31.8. The first-order valence-electron chi connectivity index (χ1n) is 13.8. The number of nitrogens with zero attached hydrogens (tertiary/aromatic N) is 2. The molecule has 0 unspecified atom stereocenters. The summed E-state index contributed by atoms with van der Waals surface area (Å²) >= 11 is 0. The van der Waals surface area contributed by atoms with Crippen molar-refractivity contribution < 1.29 is 38.4 Å². The molecule has 1 aromatic heterocycles. The van der Waals surface area contributed by atoms with E-state index in [4.69, 9.17) is 28.5 Å². The highest BCUT2D eigenvalue weighted by Crippen LogP contribution is 2.57. The number of carbonyl (C=O) groups excluding carboxylic acids is 1. The Morgan fingerprint density at radius 2 is 1.02 bits per heavy atom. The molecule has 0 aliphatic carbocycles. The smallest absolute Gasteiger partial charge is 0.345 e. The number of esters is 1. The largest absolute Gasteiger partial charge is 0.399 e. The highest BCUT2D eigenvalue weighted by molar-refractivity contribution is 8.01. The summed E-state index contributed by atoms with van der Waals surface area (Å²) in [5.41, 5.74) is 2.11. The minimum atomic E-state index is -4.69. The molecule has 5 aromatic carbocycles. The summed E-state index contributed by atoms with van der Waals surface area (Å²) in [5, 5.41) is 9.42. The fourth-order valence-corrected chi connectivity index (χ4v) is 9.71. The van der Waals surface area contributed by atoms with Crippen LogP contribution in [0.15, 0.2) is 152 Å². The van der Waals surface area contributed by atoms with Crippen molar-refractivity contribution in [1.82, 2.24) is 9.78 Å². The van der Waals surface area contributed by atoms with Crippen LogP contribution < -0.4 is 39.9 Å². The molecule has 0 saturated heterocycles. The number of benzene rings is 5. The number of hydrogen-bond acceptors (Lipinski definition) is 7. The molecule has 6 aromatic rings. The van der Waals surface area contributed by atoms with E-state index in [0.29, 0.717) is 11.4 Å². The second-order valence-corrected chi connectivity index (χ2v) is 13.9. The summed E-state index contributed by atoms with van der Waals surface area (Å²) < 4.78 is 40.9. The number of ether oxygens (including phenoxy) is 1. The quantitative estimate of drug-likeness (QED) is 0.208. The third kappa shape index (κ3) is 7.19. The number of para-hydroxylation sites is 1. The van der Waals surface area contributed by atoms with Crippen molar-refractivity contribution in [2.24, 2.45) is 0 Å². The molecule has 1 N–H and O–H groups in total. The Balaban J connectivity index is 0.000000743. The molecular weight excluding hydrogens is 611 g/mol. The van der Waals surface area contributed by atoms with Crippen LogP contribution in [0.4, 0.5) is 0 Å². The van der Waals surface area contributed by atoms with Gasteiger partial charge in [0.1, 0.15) is 21.6 Å². The third-order valence-electron chi connectivity index (χ3n) is 6.95. The lowest BCUT2D eigenvalue weighted by Gasteiger charge is -2.27. The van der Waals surface area contributed by atoms with E-state index in [-0.39, 0.29) is 0 Å². The topological polar surface area (TPSA) is 134 Å². The fourth-order valence-electron chi connectivity index (χ4n) is 5.23. The van der Waals surface area contributed by atoms with Gasteiger partial charge in [0.05, 0.1) is 26.2 Å². The van der Waals surface area contributed by atoms with E-state index < -0.39 is 23.5 Å². The number of rotatable bonds is 7. The van der Waals surface area contributed by atoms with E-state index in [1.54, 1.807) is 16.8 Å². The zero-order valence-corrected chi connectivity index (χ0v) is 25.8. The molecule has 0 fully saturated rings. The predicted molar refractivity (Wildman–Crippen MR) is 167 cm³/mol. The van der Waals surface area contributed by atoms with Gasteiger partial charge in [-0.25, -0.2) is 4.79 Å². The zero-order valence-electron chi connectivity index (χ0n) is 24.1. The molecule has 0 aliphatic heterocycles. The highest BCUT2D eigenvalue weighted by Gasteiger charge is 2.53. The molecular formula is C35H29ClN2O6P+. The van der Waals surface area contributed by atoms with Crippen LogP contribution in [0.3, 0.4) is 0 Å². The zero-order chi connectivity index (χ0) is 31.9. The average Bonchev–Trinajstić information content (AvgIpc) is 3.38. The lowest BCUT2D eigenvalue weighted by Crippen LogP contribution is -2.58. The highest BCUT2D eigenvalue weighted by atomic mass is 35.7. The molecule has 10 heteroatoms. The Bertz CT molecular complexity index is 1730. The summed E-state index contributed by atoms with van der Waals surface area (Å²) in [4.78, 5) is 13.6. The van der Waals surface area contributed by atoms with Crippen LogP contribution >= 0.6 is 7.26 Å². The second-order valence-electron chi connectivity index (χ2n) is 9.82. The maximum Gasteiger partial charge on any atom is 0.345 e. The number of aromatic nitrogens is 2. The van der Waals surface area contributed by atoms with Gasteiger partial charge in [0.25, 0.3) is 5.88 Å². The van der Waals surface area contributed by atoms with E-state index in [9.17, 15) is 4.79 Å². The van der Waals surface area contributed by atoms with Crippen LogP contribution in [0.25, 0.3) is 5.69 Å². The second kappa shape index (κ2) is 14.0. The van der Waals surface area contributed by atoms with Gasteiger partial charge < -0.3 is 4.74 Å². The summed E-state index contributed by atoms with van der Waals surface area (Å²) in [6.45, 7) is 2.01. The molecule has 0 radical (unpaired) electrons. The lowest BCUT2D eigenvalue weighted by atomic mass is 10.2. The van der Waals surface area contributed by atoms with Gasteiger partial charge in [-0.15, -0.1) is 0 Å². The molecule has 0 spiro atoms. The van der Waals surface area contributed by atoms with Gasteiger partial charge in [0.15, 0.2) is 12.6 Å². The predicted octanol–water partition coefficient (Wildman–Crippen LogP) is 1.90. The Labute approximate surface area is 263 Å². The Kier molecular flexibility index (Phi) is 9.86. The van der Waals surface area contributed by atoms with E-state index in [1.807, 2.05) is 73.7 Å². The van der Waals surface area contributed by atoms with E-state index in [2.05, 4.69) is 72.8 Å². The molecule has 8 nitrogen and oxygen atoms in total. The monoisotopic (exact) mass is 639 g/mol. The minimum absolute atomic E-state index is 0.425. The van der Waals surface area contributed by atoms with Crippen LogP contribution in [0, 0.1) is 17.2 Å². The van der Waals surface area contributed by atoms with Gasteiger partial charge in [-0.3, -0.25) is 0 Å². The van der Waals surface area contributed by atoms with Crippen LogP contribution in [0.2, 0.25) is 0 Å². The van der Waals surface area contributed by atoms with Crippen molar-refractivity contribution in [3.63, 3.8) is 0 Å². The first-order valence-corrected chi connectivity index (χ1v) is 16.9. The molecule has 6 rings (SSSR count). The molecule has 0 bridgehead atoms. The summed E-state index contributed by atoms with van der Waals surface area (Å²) in [5.74, 6) is 0.00802. The number of carbonyl (C=O) groups is 1. The maximum absolute atomic E-state index is 13.6. The van der Waals surface area contributed by atoms with E-state index in [1.165, 1.54) is 0 Å². The van der Waals surface area contributed by atoms with Gasteiger partial charge in [-0.05, 0) is 67.6 Å². The molecule has 0 saturated carbocycles. The number of aryl methyl sites for hydroxylation is 1. The molecule has 0 aliphatic rings. The van der Waals surface area contributed by atoms with Crippen LogP contribution in [-0.4, -0.2) is 20.4 Å². The van der Waals surface area contributed by atoms with Gasteiger partial charge in [-0.2, -0.15) is 23.8 Å². The van der Waals surface area contributed by atoms with Gasteiger partial charge >= 0.3 is 5.97 Å². The van der Waals surface area contributed by atoms with Crippen LogP contribution in [0.5, 0.6) is 5.88 Å². The average molecular weight is 640 g/mol. The van der Waals surface area contributed by atoms with Crippen LogP contribution in [0.1, 0.15) is 16.1 Å². The van der Waals surface area contributed by atoms with Crippen molar-refractivity contribution in [3.05, 3.63) is 163 Å². The summed E-state index contributed by atoms with van der Waals surface area (Å²) in [6, 6.07) is 50.5. The van der Waals surface area contributed by atoms with Gasteiger partial charge in [-0.1, -0.05) is 91.0 Å². The maximum atomic E-state index is 13.6. The standard InChI is InChI=1S/C35H28N2O2P.ClHO4/c1-27-33(34(37(36-27)29-19-9-3-10-20-29)39-35(38)28-17-7-2-8-18-28)40(30-21-11-4-12-22-30,31-23-13-5-14-24-31)32-25-15-6-16-26-32;2-1(3,4)5/h2-26H,1H3;(H,2,3,4,5)/q+1;. The lowest BCUT2D eigenvalue weighted by molar-refractivity contribution is -1.92. The van der Waals surface area contributed by atoms with Gasteiger partial charge in [0, 0.05) is 0 Å². The first-order chi connectivity index (χ1) is 21.7. The van der Waals surface area contributed by atoms with Gasteiger partial charge in [0.2, 0.25) is 0 Å². The molecule has 226 valence electrons. The summed E-state index contributed by atoms with van der Waals surface area (Å²) in [6.07, 6.45) is 0. The fraction of sp³-hybridized carbons (Fsp3) is 0.0286. The molecule has 0 amide bonds. The van der Waals surface area contributed by atoms with Crippen molar-refractivity contribution in [3.8, 4) is 11.6 Å². The van der Waals surface area contributed by atoms with Crippen molar-refractivity contribution in [2.75, 3.05) is 0 Å². The van der Waals surface area contributed by atoms with Crippen molar-refractivity contribution in [2.45, 2.75) is 6.92 Å². The Hall–Kier alpha value is -4.66. The molecule has 45 heavy (non-hydrogen) atoms. The number of hydrogen-bond donors (Lipinski definition) is 1. The van der Waals surface area contributed by atoms with E-state index >= 15 is 0 Å². The summed E-state index contributed by atoms with van der Waals surface area (Å²) in [7, 11) is -7.28. The van der Waals surface area contributed by atoms with E-state index in [0.717, 1.165) is 32.6 Å². The normalized spacial score (nSPS) is 11.3. The Morgan fingerprint density at radius 3 is 1.42 bits per heavy atom. The Morgan fingerprint density at radius 1 is 0.667 bits per heavy atom. The SMILES string of the molecule is Cc1nn(-c2ccccc2)c(OC(=O)c2ccccc2)c1[P+](c1ccccc1)(c1ccccc1)c1ccccc1.[O-][Cl+3]([O-])([O-])O. The molecule has 0 atom stereocenters. The van der Waals surface area contributed by atoms with Crippen molar-refractivity contribution in [1.29, 1.82) is 0 Å². The van der Waals surface area contributed by atoms with Crippen molar-refractivity contribution >= 4 is 34.4 Å².